The molecule has 4 nitrogen and oxygen atoms in total. The zero-order valence-electron chi connectivity index (χ0n) is 15.7. The van der Waals surface area contributed by atoms with Crippen LogP contribution < -0.4 is 10.2 Å². The molecule has 2 aromatic rings. The predicted octanol–water partition coefficient (Wildman–Crippen LogP) is 4.32. The van der Waals surface area contributed by atoms with E-state index in [1.807, 2.05) is 57.2 Å². The van der Waals surface area contributed by atoms with Crippen molar-refractivity contribution in [3.05, 3.63) is 63.7 Å². The first-order valence-corrected chi connectivity index (χ1v) is 9.03. The SMILES string of the molecule is CC(=O)N(CCC(=O)NCc1ccc(C)cc1)c1c(C)cc(C)cc1Cl. The van der Waals surface area contributed by atoms with E-state index < -0.39 is 0 Å². The molecule has 2 aromatic carbocycles. The second-order valence-corrected chi connectivity index (χ2v) is 7.00. The Morgan fingerprint density at radius 3 is 2.27 bits per heavy atom. The Bertz CT molecular complexity index is 777. The monoisotopic (exact) mass is 372 g/mol. The van der Waals surface area contributed by atoms with E-state index in [1.165, 1.54) is 12.5 Å². The van der Waals surface area contributed by atoms with Crippen molar-refractivity contribution in [3.8, 4) is 0 Å². The zero-order chi connectivity index (χ0) is 19.3. The van der Waals surface area contributed by atoms with Gasteiger partial charge in [0.25, 0.3) is 0 Å². The van der Waals surface area contributed by atoms with Crippen LogP contribution in [0.3, 0.4) is 0 Å². The molecule has 2 rings (SSSR count). The van der Waals surface area contributed by atoms with Gasteiger partial charge in [-0.2, -0.15) is 0 Å². The summed E-state index contributed by atoms with van der Waals surface area (Å²) < 4.78 is 0. The number of benzene rings is 2. The Morgan fingerprint density at radius 1 is 1.04 bits per heavy atom. The average molecular weight is 373 g/mol. The second kappa shape index (κ2) is 8.86. The van der Waals surface area contributed by atoms with Crippen LogP contribution in [0.25, 0.3) is 0 Å². The number of hydrogen-bond donors (Lipinski definition) is 1. The molecule has 0 spiro atoms. The molecule has 1 N–H and O–H groups in total. The number of aryl methyl sites for hydroxylation is 3. The Balaban J connectivity index is 1.99. The molecule has 0 fully saturated rings. The number of carbonyl (C=O) groups excluding carboxylic acids is 2. The van der Waals surface area contributed by atoms with Crippen LogP contribution in [0.2, 0.25) is 5.02 Å². The van der Waals surface area contributed by atoms with Gasteiger partial charge in [0.1, 0.15) is 0 Å². The fourth-order valence-electron chi connectivity index (χ4n) is 2.88. The van der Waals surface area contributed by atoms with Gasteiger partial charge in [-0.15, -0.1) is 0 Å². The summed E-state index contributed by atoms with van der Waals surface area (Å²) >= 11 is 6.35. The minimum absolute atomic E-state index is 0.0993. The molecular weight excluding hydrogens is 348 g/mol. The van der Waals surface area contributed by atoms with E-state index in [0.717, 1.165) is 16.7 Å². The number of nitrogens with zero attached hydrogens (tertiary/aromatic N) is 1. The van der Waals surface area contributed by atoms with Crippen LogP contribution in [0.1, 0.15) is 35.6 Å². The van der Waals surface area contributed by atoms with Crippen molar-refractivity contribution in [2.24, 2.45) is 0 Å². The highest BCUT2D eigenvalue weighted by Gasteiger charge is 2.18. The highest BCUT2D eigenvalue weighted by Crippen LogP contribution is 2.31. The van der Waals surface area contributed by atoms with Crippen molar-refractivity contribution >= 4 is 29.1 Å². The van der Waals surface area contributed by atoms with Crippen molar-refractivity contribution in [3.63, 3.8) is 0 Å². The molecule has 0 aliphatic rings. The van der Waals surface area contributed by atoms with Gasteiger partial charge >= 0.3 is 0 Å². The lowest BCUT2D eigenvalue weighted by Gasteiger charge is -2.24. The minimum Gasteiger partial charge on any atom is -0.352 e. The molecule has 0 radical (unpaired) electrons. The van der Waals surface area contributed by atoms with Gasteiger partial charge in [0.15, 0.2) is 0 Å². The maximum atomic E-state index is 12.2. The molecule has 138 valence electrons. The third kappa shape index (κ3) is 5.33. The maximum Gasteiger partial charge on any atom is 0.223 e. The van der Waals surface area contributed by atoms with E-state index >= 15 is 0 Å². The van der Waals surface area contributed by atoms with Gasteiger partial charge in [-0.05, 0) is 43.5 Å². The van der Waals surface area contributed by atoms with Gasteiger partial charge in [-0.1, -0.05) is 47.5 Å². The number of amides is 2. The van der Waals surface area contributed by atoms with E-state index in [4.69, 9.17) is 11.6 Å². The van der Waals surface area contributed by atoms with Gasteiger partial charge in [-0.3, -0.25) is 9.59 Å². The summed E-state index contributed by atoms with van der Waals surface area (Å²) in [4.78, 5) is 25.8. The highest BCUT2D eigenvalue weighted by molar-refractivity contribution is 6.34. The van der Waals surface area contributed by atoms with Crippen molar-refractivity contribution in [2.75, 3.05) is 11.4 Å². The highest BCUT2D eigenvalue weighted by atomic mass is 35.5. The van der Waals surface area contributed by atoms with Crippen molar-refractivity contribution in [1.29, 1.82) is 0 Å². The largest absolute Gasteiger partial charge is 0.352 e. The molecule has 2 amide bonds. The molecule has 0 aliphatic heterocycles. The van der Waals surface area contributed by atoms with Gasteiger partial charge < -0.3 is 10.2 Å². The van der Waals surface area contributed by atoms with Crippen molar-refractivity contribution in [2.45, 2.75) is 40.7 Å². The smallest absolute Gasteiger partial charge is 0.223 e. The van der Waals surface area contributed by atoms with Crippen LogP contribution >= 0.6 is 11.6 Å². The molecule has 26 heavy (non-hydrogen) atoms. The number of halogens is 1. The van der Waals surface area contributed by atoms with Crippen LogP contribution in [0, 0.1) is 20.8 Å². The lowest BCUT2D eigenvalue weighted by molar-refractivity contribution is -0.121. The number of rotatable bonds is 6. The minimum atomic E-state index is -0.134. The van der Waals surface area contributed by atoms with E-state index in [-0.39, 0.29) is 18.2 Å². The first-order valence-electron chi connectivity index (χ1n) is 8.65. The van der Waals surface area contributed by atoms with Gasteiger partial charge in [0.05, 0.1) is 10.7 Å². The summed E-state index contributed by atoms with van der Waals surface area (Å²) in [6.45, 7) is 8.15. The lowest BCUT2D eigenvalue weighted by atomic mass is 10.1. The van der Waals surface area contributed by atoms with Crippen molar-refractivity contribution in [1.82, 2.24) is 5.32 Å². The predicted molar refractivity (Wildman–Crippen MR) is 107 cm³/mol. The van der Waals surface area contributed by atoms with Crippen LogP contribution in [-0.4, -0.2) is 18.4 Å². The van der Waals surface area contributed by atoms with E-state index in [1.54, 1.807) is 4.90 Å². The molecule has 0 heterocycles. The Morgan fingerprint density at radius 2 is 1.69 bits per heavy atom. The second-order valence-electron chi connectivity index (χ2n) is 6.60. The van der Waals surface area contributed by atoms with Crippen LogP contribution in [0.15, 0.2) is 36.4 Å². The standard InChI is InChI=1S/C21H25ClN2O2/c1-14-5-7-18(8-6-14)13-23-20(26)9-10-24(17(4)25)21-16(3)11-15(2)12-19(21)22/h5-8,11-12H,9-10,13H2,1-4H3,(H,23,26). The fraction of sp³-hybridized carbons (Fsp3) is 0.333. The number of anilines is 1. The van der Waals surface area contributed by atoms with Crippen LogP contribution in [0.5, 0.6) is 0 Å². The summed E-state index contributed by atoms with van der Waals surface area (Å²) in [5, 5.41) is 3.42. The van der Waals surface area contributed by atoms with Gasteiger partial charge in [0.2, 0.25) is 11.8 Å². The van der Waals surface area contributed by atoms with E-state index in [2.05, 4.69) is 5.32 Å². The Hall–Kier alpha value is -2.33. The topological polar surface area (TPSA) is 49.4 Å². The molecule has 0 saturated carbocycles. The molecule has 0 saturated heterocycles. The molecule has 0 aliphatic carbocycles. The van der Waals surface area contributed by atoms with E-state index in [9.17, 15) is 9.59 Å². The third-order valence-electron chi connectivity index (χ3n) is 4.22. The normalized spacial score (nSPS) is 10.5. The maximum absolute atomic E-state index is 12.2. The Kier molecular flexibility index (Phi) is 6.81. The van der Waals surface area contributed by atoms with E-state index in [0.29, 0.717) is 23.8 Å². The molecule has 5 heteroatoms. The first kappa shape index (κ1) is 20.0. The number of nitrogens with one attached hydrogen (secondary N) is 1. The number of hydrogen-bond acceptors (Lipinski definition) is 2. The summed E-state index contributed by atoms with van der Waals surface area (Å²) in [5.41, 5.74) is 4.87. The van der Waals surface area contributed by atoms with Crippen LogP contribution in [-0.2, 0) is 16.1 Å². The quantitative estimate of drug-likeness (QED) is 0.820. The summed E-state index contributed by atoms with van der Waals surface area (Å²) in [7, 11) is 0. The summed E-state index contributed by atoms with van der Waals surface area (Å²) in [6, 6.07) is 11.8. The molecule has 0 atom stereocenters. The summed E-state index contributed by atoms with van der Waals surface area (Å²) in [5.74, 6) is -0.233. The molecule has 0 bridgehead atoms. The first-order chi connectivity index (χ1) is 12.3. The van der Waals surface area contributed by atoms with Gasteiger partial charge in [-0.25, -0.2) is 0 Å². The third-order valence-corrected chi connectivity index (χ3v) is 4.51. The molecular formula is C21H25ClN2O2. The van der Waals surface area contributed by atoms with Crippen molar-refractivity contribution < 1.29 is 9.59 Å². The Labute approximate surface area is 160 Å². The number of carbonyl (C=O) groups is 2. The van der Waals surface area contributed by atoms with Gasteiger partial charge in [0, 0.05) is 26.4 Å². The zero-order valence-corrected chi connectivity index (χ0v) is 16.5. The fourth-order valence-corrected chi connectivity index (χ4v) is 3.31. The molecule has 0 aromatic heterocycles. The lowest BCUT2D eigenvalue weighted by Crippen LogP contribution is -2.34. The van der Waals surface area contributed by atoms with Crippen LogP contribution in [0.4, 0.5) is 5.69 Å². The molecule has 0 unspecified atom stereocenters. The summed E-state index contributed by atoms with van der Waals surface area (Å²) in [6.07, 6.45) is 0.217. The average Bonchev–Trinajstić information content (AvgIpc) is 2.56.